The Hall–Kier alpha value is -2.34. The summed E-state index contributed by atoms with van der Waals surface area (Å²) in [6.07, 6.45) is -0.894. The lowest BCUT2D eigenvalue weighted by Gasteiger charge is -2.15. The Bertz CT molecular complexity index is 712. The molecule has 0 aliphatic heterocycles. The standard InChI is InChI=1S/C18H19BrN2O3/c1-12(17(22)20-15-8-6-14(19)7-9-15)24-18(23)13-4-10-16(11-5-13)21(2)3/h4-12H,1-3H3,(H,20,22)/t12-/m0/s1. The van der Waals surface area contributed by atoms with Crippen LogP contribution in [0.4, 0.5) is 11.4 Å². The van der Waals surface area contributed by atoms with Crippen molar-refractivity contribution < 1.29 is 14.3 Å². The zero-order chi connectivity index (χ0) is 17.7. The Balaban J connectivity index is 1.94. The number of hydrogen-bond acceptors (Lipinski definition) is 4. The summed E-state index contributed by atoms with van der Waals surface area (Å²) < 4.78 is 6.14. The number of halogens is 1. The van der Waals surface area contributed by atoms with Crippen LogP contribution in [0.3, 0.4) is 0 Å². The SMILES string of the molecule is C[C@H](OC(=O)c1ccc(N(C)C)cc1)C(=O)Nc1ccc(Br)cc1. The van der Waals surface area contributed by atoms with Gasteiger partial charge in [-0.3, -0.25) is 4.79 Å². The molecule has 1 atom stereocenters. The molecule has 2 aromatic carbocycles. The number of esters is 1. The molecule has 0 aromatic heterocycles. The number of nitrogens with one attached hydrogen (secondary N) is 1. The molecular formula is C18H19BrN2O3. The Labute approximate surface area is 149 Å². The highest BCUT2D eigenvalue weighted by atomic mass is 79.9. The van der Waals surface area contributed by atoms with E-state index < -0.39 is 12.1 Å². The van der Waals surface area contributed by atoms with Gasteiger partial charge in [-0.05, 0) is 55.5 Å². The molecule has 1 N–H and O–H groups in total. The first-order valence-corrected chi connectivity index (χ1v) is 8.21. The van der Waals surface area contributed by atoms with E-state index in [1.807, 2.05) is 43.3 Å². The topological polar surface area (TPSA) is 58.6 Å². The van der Waals surface area contributed by atoms with E-state index >= 15 is 0 Å². The summed E-state index contributed by atoms with van der Waals surface area (Å²) in [5.41, 5.74) is 2.03. The van der Waals surface area contributed by atoms with E-state index in [2.05, 4.69) is 21.2 Å². The molecule has 0 aliphatic carbocycles. The molecule has 2 aromatic rings. The van der Waals surface area contributed by atoms with E-state index in [1.165, 1.54) is 0 Å². The number of benzene rings is 2. The second kappa shape index (κ2) is 7.97. The van der Waals surface area contributed by atoms with Crippen LogP contribution < -0.4 is 10.2 Å². The molecule has 0 saturated carbocycles. The average molecular weight is 391 g/mol. The minimum absolute atomic E-state index is 0.379. The van der Waals surface area contributed by atoms with Gasteiger partial charge in [-0.25, -0.2) is 4.79 Å². The lowest BCUT2D eigenvalue weighted by molar-refractivity contribution is -0.123. The van der Waals surface area contributed by atoms with Gasteiger partial charge in [0.25, 0.3) is 5.91 Å². The first-order chi connectivity index (χ1) is 11.4. The van der Waals surface area contributed by atoms with Crippen molar-refractivity contribution in [3.05, 3.63) is 58.6 Å². The highest BCUT2D eigenvalue weighted by Gasteiger charge is 2.19. The summed E-state index contributed by atoms with van der Waals surface area (Å²) in [5, 5.41) is 2.71. The summed E-state index contributed by atoms with van der Waals surface area (Å²) >= 11 is 3.33. The molecule has 0 heterocycles. The van der Waals surface area contributed by atoms with Gasteiger partial charge in [-0.1, -0.05) is 15.9 Å². The molecule has 126 valence electrons. The average Bonchev–Trinajstić information content (AvgIpc) is 2.56. The van der Waals surface area contributed by atoms with Crippen molar-refractivity contribution in [1.82, 2.24) is 0 Å². The van der Waals surface area contributed by atoms with Crippen molar-refractivity contribution in [2.75, 3.05) is 24.3 Å². The number of hydrogen-bond donors (Lipinski definition) is 1. The lowest BCUT2D eigenvalue weighted by Crippen LogP contribution is -2.30. The molecule has 0 radical (unpaired) electrons. The van der Waals surface area contributed by atoms with Crippen LogP contribution >= 0.6 is 15.9 Å². The molecule has 1 amide bonds. The molecule has 0 fully saturated rings. The molecule has 0 saturated heterocycles. The molecule has 5 nitrogen and oxygen atoms in total. The largest absolute Gasteiger partial charge is 0.449 e. The van der Waals surface area contributed by atoms with Crippen molar-refractivity contribution in [2.24, 2.45) is 0 Å². The maximum atomic E-state index is 12.1. The zero-order valence-electron chi connectivity index (χ0n) is 13.7. The van der Waals surface area contributed by atoms with Gasteiger partial charge in [-0.2, -0.15) is 0 Å². The first kappa shape index (κ1) is 18.0. The summed E-state index contributed by atoms with van der Waals surface area (Å²) in [6, 6.07) is 14.2. The van der Waals surface area contributed by atoms with Crippen LogP contribution in [0.25, 0.3) is 0 Å². The number of amides is 1. The molecule has 0 spiro atoms. The highest BCUT2D eigenvalue weighted by molar-refractivity contribution is 9.10. The molecule has 6 heteroatoms. The smallest absolute Gasteiger partial charge is 0.338 e. The number of carbonyl (C=O) groups is 2. The zero-order valence-corrected chi connectivity index (χ0v) is 15.3. The number of anilines is 2. The molecule has 0 unspecified atom stereocenters. The Morgan fingerprint density at radius 2 is 1.62 bits per heavy atom. The highest BCUT2D eigenvalue weighted by Crippen LogP contribution is 2.16. The Morgan fingerprint density at radius 3 is 2.17 bits per heavy atom. The van der Waals surface area contributed by atoms with Crippen molar-refractivity contribution >= 4 is 39.2 Å². The quantitative estimate of drug-likeness (QED) is 0.790. The van der Waals surface area contributed by atoms with E-state index in [0.717, 1.165) is 10.2 Å². The number of carbonyl (C=O) groups excluding carboxylic acids is 2. The minimum Gasteiger partial charge on any atom is -0.449 e. The fourth-order valence-electron chi connectivity index (χ4n) is 1.95. The van der Waals surface area contributed by atoms with E-state index in [9.17, 15) is 9.59 Å². The van der Waals surface area contributed by atoms with Gasteiger partial charge in [0.15, 0.2) is 6.10 Å². The van der Waals surface area contributed by atoms with Crippen LogP contribution in [0.5, 0.6) is 0 Å². The number of ether oxygens (including phenoxy) is 1. The number of rotatable bonds is 5. The molecular weight excluding hydrogens is 372 g/mol. The van der Waals surface area contributed by atoms with Gasteiger partial charge in [-0.15, -0.1) is 0 Å². The second-order valence-corrected chi connectivity index (χ2v) is 6.40. The number of nitrogens with zero attached hydrogens (tertiary/aromatic N) is 1. The van der Waals surface area contributed by atoms with Gasteiger partial charge >= 0.3 is 5.97 Å². The first-order valence-electron chi connectivity index (χ1n) is 7.41. The van der Waals surface area contributed by atoms with Crippen LogP contribution in [0.15, 0.2) is 53.0 Å². The molecule has 24 heavy (non-hydrogen) atoms. The molecule has 2 rings (SSSR count). The van der Waals surface area contributed by atoms with E-state index in [0.29, 0.717) is 11.3 Å². The fraction of sp³-hybridized carbons (Fsp3) is 0.222. The summed E-state index contributed by atoms with van der Waals surface area (Å²) in [4.78, 5) is 26.2. The Kier molecular flexibility index (Phi) is 5.98. The normalized spacial score (nSPS) is 11.5. The van der Waals surface area contributed by atoms with Crippen LogP contribution in [0, 0.1) is 0 Å². The maximum Gasteiger partial charge on any atom is 0.338 e. The van der Waals surface area contributed by atoms with Gasteiger partial charge in [0.05, 0.1) is 5.56 Å². The van der Waals surface area contributed by atoms with Gasteiger partial charge in [0, 0.05) is 29.9 Å². The minimum atomic E-state index is -0.894. The lowest BCUT2D eigenvalue weighted by atomic mass is 10.2. The van der Waals surface area contributed by atoms with E-state index in [-0.39, 0.29) is 5.91 Å². The van der Waals surface area contributed by atoms with Crippen molar-refractivity contribution in [1.29, 1.82) is 0 Å². The monoisotopic (exact) mass is 390 g/mol. The third kappa shape index (κ3) is 4.83. The summed E-state index contributed by atoms with van der Waals surface area (Å²) in [6.45, 7) is 1.54. The van der Waals surface area contributed by atoms with Crippen LogP contribution in [0.2, 0.25) is 0 Å². The van der Waals surface area contributed by atoms with Crippen molar-refractivity contribution in [3.63, 3.8) is 0 Å². The van der Waals surface area contributed by atoms with E-state index in [1.54, 1.807) is 31.2 Å². The second-order valence-electron chi connectivity index (χ2n) is 5.48. The van der Waals surface area contributed by atoms with Crippen LogP contribution in [-0.2, 0) is 9.53 Å². The van der Waals surface area contributed by atoms with Crippen molar-refractivity contribution in [2.45, 2.75) is 13.0 Å². The fourth-order valence-corrected chi connectivity index (χ4v) is 2.22. The van der Waals surface area contributed by atoms with Gasteiger partial charge in [0.2, 0.25) is 0 Å². The van der Waals surface area contributed by atoms with Gasteiger partial charge in [0.1, 0.15) is 0 Å². The Morgan fingerprint density at radius 1 is 1.04 bits per heavy atom. The summed E-state index contributed by atoms with van der Waals surface area (Å²) in [7, 11) is 3.84. The predicted molar refractivity (Wildman–Crippen MR) is 98.4 cm³/mol. The third-order valence-electron chi connectivity index (χ3n) is 3.38. The van der Waals surface area contributed by atoms with Crippen molar-refractivity contribution in [3.8, 4) is 0 Å². The summed E-state index contributed by atoms with van der Waals surface area (Å²) in [5.74, 6) is -0.908. The predicted octanol–water partition coefficient (Wildman–Crippen LogP) is 3.70. The van der Waals surface area contributed by atoms with E-state index in [4.69, 9.17) is 4.74 Å². The molecule has 0 aliphatic rings. The van der Waals surface area contributed by atoms with Crippen LogP contribution in [0.1, 0.15) is 17.3 Å². The maximum absolute atomic E-state index is 12.1. The molecule has 0 bridgehead atoms. The van der Waals surface area contributed by atoms with Gasteiger partial charge < -0.3 is 15.0 Å². The third-order valence-corrected chi connectivity index (χ3v) is 3.91. The van der Waals surface area contributed by atoms with Crippen LogP contribution in [-0.4, -0.2) is 32.1 Å².